The monoisotopic (exact) mass is 300 g/mol. The number of imidazole rings is 1. The maximum Gasteiger partial charge on any atom is 0.332 e. The number of hydrogen-bond acceptors (Lipinski definition) is 5. The van der Waals surface area contributed by atoms with E-state index in [1.807, 2.05) is 0 Å². The molecule has 2 aromatic rings. The average molecular weight is 300 g/mol. The molecule has 0 aliphatic rings. The Hall–Kier alpha value is -1.90. The van der Waals surface area contributed by atoms with Gasteiger partial charge in [0.05, 0.1) is 5.75 Å². The summed E-state index contributed by atoms with van der Waals surface area (Å²) in [5.74, 6) is -0.0571. The smallest absolute Gasteiger partial charge is 0.312 e. The Morgan fingerprint density at radius 2 is 1.65 bits per heavy atom. The van der Waals surface area contributed by atoms with Gasteiger partial charge in [0.1, 0.15) is 0 Å². The lowest BCUT2D eigenvalue weighted by atomic mass is 10.5. The third-order valence-electron chi connectivity index (χ3n) is 3.19. The van der Waals surface area contributed by atoms with Crippen LogP contribution >= 0.6 is 0 Å². The zero-order valence-electron chi connectivity index (χ0n) is 11.7. The molecular formula is C11H16N4O4S. The van der Waals surface area contributed by atoms with Crippen LogP contribution in [0.25, 0.3) is 11.2 Å². The van der Waals surface area contributed by atoms with E-state index in [0.29, 0.717) is 6.42 Å². The molecule has 8 nitrogen and oxygen atoms in total. The van der Waals surface area contributed by atoms with E-state index in [1.165, 1.54) is 30.3 Å². The Kier molecular flexibility index (Phi) is 3.32. The molecule has 0 saturated carbocycles. The molecule has 9 heteroatoms. The van der Waals surface area contributed by atoms with Crippen LogP contribution in [0, 0.1) is 0 Å². The van der Waals surface area contributed by atoms with Gasteiger partial charge in [-0.25, -0.2) is 13.2 Å². The zero-order chi connectivity index (χ0) is 15.2. The molecule has 0 amide bonds. The van der Waals surface area contributed by atoms with Crippen LogP contribution in [0.15, 0.2) is 14.7 Å². The molecule has 0 aromatic carbocycles. The van der Waals surface area contributed by atoms with Crippen molar-refractivity contribution < 1.29 is 8.42 Å². The summed E-state index contributed by atoms with van der Waals surface area (Å²) in [6.07, 6.45) is 0.447. The summed E-state index contributed by atoms with van der Waals surface area (Å²) in [6.45, 7) is 1.75. The molecule has 0 unspecified atom stereocenters. The van der Waals surface area contributed by atoms with Crippen molar-refractivity contribution >= 4 is 21.0 Å². The van der Waals surface area contributed by atoms with E-state index < -0.39 is 21.1 Å². The van der Waals surface area contributed by atoms with Gasteiger partial charge in [-0.15, -0.1) is 0 Å². The van der Waals surface area contributed by atoms with Crippen molar-refractivity contribution in [1.29, 1.82) is 0 Å². The summed E-state index contributed by atoms with van der Waals surface area (Å²) < 4.78 is 27.6. The minimum atomic E-state index is -3.57. The molecule has 0 saturated heterocycles. The largest absolute Gasteiger partial charge is 0.332 e. The fourth-order valence-electron chi connectivity index (χ4n) is 2.14. The van der Waals surface area contributed by atoms with E-state index in [2.05, 4.69) is 4.98 Å². The third-order valence-corrected chi connectivity index (χ3v) is 5.05. The van der Waals surface area contributed by atoms with Gasteiger partial charge in [0.2, 0.25) is 15.0 Å². The van der Waals surface area contributed by atoms with Crippen LogP contribution in [0.1, 0.15) is 13.3 Å². The Morgan fingerprint density at radius 1 is 1.05 bits per heavy atom. The highest BCUT2D eigenvalue weighted by molar-refractivity contribution is 7.91. The highest BCUT2D eigenvalue weighted by Crippen LogP contribution is 2.15. The van der Waals surface area contributed by atoms with E-state index >= 15 is 0 Å². The van der Waals surface area contributed by atoms with Crippen molar-refractivity contribution in [3.05, 3.63) is 20.8 Å². The predicted octanol–water partition coefficient (Wildman–Crippen LogP) is -0.846. The van der Waals surface area contributed by atoms with Crippen molar-refractivity contribution in [3.8, 4) is 0 Å². The van der Waals surface area contributed by atoms with E-state index in [9.17, 15) is 18.0 Å². The average Bonchev–Trinajstić information content (AvgIpc) is 2.72. The van der Waals surface area contributed by atoms with Crippen LogP contribution < -0.4 is 11.2 Å². The van der Waals surface area contributed by atoms with E-state index in [1.54, 1.807) is 6.92 Å². The van der Waals surface area contributed by atoms with Gasteiger partial charge < -0.3 is 4.57 Å². The maximum absolute atomic E-state index is 12.1. The minimum absolute atomic E-state index is 0.0571. The zero-order valence-corrected chi connectivity index (χ0v) is 12.6. The molecule has 0 fully saturated rings. The summed E-state index contributed by atoms with van der Waals surface area (Å²) >= 11 is 0. The molecule has 0 atom stereocenters. The lowest BCUT2D eigenvalue weighted by Gasteiger charge is -2.03. The Balaban J connectivity index is 2.99. The van der Waals surface area contributed by atoms with Gasteiger partial charge >= 0.3 is 5.69 Å². The van der Waals surface area contributed by atoms with Gasteiger partial charge in [0.25, 0.3) is 5.56 Å². The molecule has 0 bridgehead atoms. The van der Waals surface area contributed by atoms with Crippen LogP contribution in [0.3, 0.4) is 0 Å². The molecule has 2 rings (SSSR count). The lowest BCUT2D eigenvalue weighted by Crippen LogP contribution is -2.37. The molecule has 20 heavy (non-hydrogen) atoms. The van der Waals surface area contributed by atoms with Crippen LogP contribution in [-0.4, -0.2) is 32.9 Å². The van der Waals surface area contributed by atoms with Gasteiger partial charge in [-0.3, -0.25) is 13.9 Å². The molecule has 2 heterocycles. The van der Waals surface area contributed by atoms with Crippen LogP contribution in [-0.2, 0) is 31.0 Å². The van der Waals surface area contributed by atoms with Crippen LogP contribution in [0.2, 0.25) is 0 Å². The summed E-state index contributed by atoms with van der Waals surface area (Å²) in [5.41, 5.74) is -0.921. The second-order valence-electron chi connectivity index (χ2n) is 4.65. The standard InChI is InChI=1S/C11H16N4O4S/c1-5-6-20(18,19)10-12-8-7(13(10)2)9(16)15(4)11(17)14(8)3/h5-6H2,1-4H3. The second-order valence-corrected chi connectivity index (χ2v) is 6.65. The first kappa shape index (κ1) is 14.5. The third kappa shape index (κ3) is 1.89. The Morgan fingerprint density at radius 3 is 2.20 bits per heavy atom. The molecule has 0 N–H and O–H groups in total. The first-order valence-electron chi connectivity index (χ1n) is 6.07. The van der Waals surface area contributed by atoms with Crippen molar-refractivity contribution in [2.45, 2.75) is 18.5 Å². The SMILES string of the molecule is CCCS(=O)(=O)c1nc2c(c(=O)n(C)c(=O)n2C)n1C. The fourth-order valence-corrected chi connectivity index (χ4v) is 3.59. The summed E-state index contributed by atoms with van der Waals surface area (Å²) in [4.78, 5) is 27.9. The number of sulfone groups is 1. The highest BCUT2D eigenvalue weighted by Gasteiger charge is 2.24. The van der Waals surface area contributed by atoms with E-state index in [0.717, 1.165) is 4.57 Å². The van der Waals surface area contributed by atoms with Gasteiger partial charge in [0.15, 0.2) is 11.2 Å². The number of aromatic nitrogens is 4. The predicted molar refractivity (Wildman–Crippen MR) is 73.5 cm³/mol. The molecular weight excluding hydrogens is 284 g/mol. The van der Waals surface area contributed by atoms with Gasteiger partial charge in [-0.2, -0.15) is 4.98 Å². The number of fused-ring (bicyclic) bond motifs is 1. The first-order chi connectivity index (χ1) is 9.22. The Bertz CT molecular complexity index is 901. The van der Waals surface area contributed by atoms with Gasteiger partial charge in [-0.05, 0) is 6.42 Å². The topological polar surface area (TPSA) is 96.0 Å². The maximum atomic E-state index is 12.1. The van der Waals surface area contributed by atoms with E-state index in [4.69, 9.17) is 0 Å². The van der Waals surface area contributed by atoms with Crippen molar-refractivity contribution in [3.63, 3.8) is 0 Å². The Labute approximate surface area is 115 Å². The molecule has 0 aliphatic heterocycles. The lowest BCUT2D eigenvalue weighted by molar-refractivity contribution is 0.579. The van der Waals surface area contributed by atoms with Crippen molar-refractivity contribution in [2.75, 3.05) is 5.75 Å². The normalized spacial score (nSPS) is 12.2. The summed E-state index contributed by atoms with van der Waals surface area (Å²) in [6, 6.07) is 0. The fraction of sp³-hybridized carbons (Fsp3) is 0.545. The number of hydrogen-bond donors (Lipinski definition) is 0. The number of aryl methyl sites for hydroxylation is 2. The van der Waals surface area contributed by atoms with Crippen molar-refractivity contribution in [2.24, 2.45) is 21.1 Å². The molecule has 2 aromatic heterocycles. The highest BCUT2D eigenvalue weighted by atomic mass is 32.2. The van der Waals surface area contributed by atoms with Crippen LogP contribution in [0.5, 0.6) is 0 Å². The van der Waals surface area contributed by atoms with Gasteiger partial charge in [-0.1, -0.05) is 6.92 Å². The van der Waals surface area contributed by atoms with Gasteiger partial charge in [0, 0.05) is 21.1 Å². The van der Waals surface area contributed by atoms with Crippen molar-refractivity contribution in [1.82, 2.24) is 18.7 Å². The minimum Gasteiger partial charge on any atom is -0.312 e. The van der Waals surface area contributed by atoms with E-state index in [-0.39, 0.29) is 22.1 Å². The number of nitrogens with zero attached hydrogens (tertiary/aromatic N) is 4. The number of rotatable bonds is 3. The molecule has 110 valence electrons. The summed E-state index contributed by atoms with van der Waals surface area (Å²) in [7, 11) is 0.685. The first-order valence-corrected chi connectivity index (χ1v) is 7.72. The molecule has 0 aliphatic carbocycles. The molecule has 0 radical (unpaired) electrons. The quantitative estimate of drug-likeness (QED) is 0.736. The second kappa shape index (κ2) is 4.58. The van der Waals surface area contributed by atoms with Crippen LogP contribution in [0.4, 0.5) is 0 Å². The molecule has 0 spiro atoms. The summed E-state index contributed by atoms with van der Waals surface area (Å²) in [5, 5.41) is -0.187.